The molecule has 238 valence electrons. The Morgan fingerprint density at radius 1 is 1.00 bits per heavy atom. The van der Waals surface area contributed by atoms with Gasteiger partial charge in [-0.15, -0.1) is 0 Å². The molecule has 1 atom stereocenters. The summed E-state index contributed by atoms with van der Waals surface area (Å²) in [4.78, 5) is 44.5. The number of ether oxygens (including phenoxy) is 3. The number of carbonyl (C=O) groups is 2. The molecule has 0 radical (unpaired) electrons. The summed E-state index contributed by atoms with van der Waals surface area (Å²) in [7, 11) is 3.04. The molecule has 47 heavy (non-hydrogen) atoms. The Hall–Kier alpha value is -5.39. The summed E-state index contributed by atoms with van der Waals surface area (Å²) in [5.74, 6) is -0.0204. The van der Waals surface area contributed by atoms with Gasteiger partial charge in [0.05, 0.1) is 53.3 Å². The summed E-state index contributed by atoms with van der Waals surface area (Å²) < 4.78 is 24.3. The van der Waals surface area contributed by atoms with Gasteiger partial charge < -0.3 is 23.7 Å². The summed E-state index contributed by atoms with van der Waals surface area (Å²) in [5.41, 5.74) is 2.01. The fourth-order valence-corrected chi connectivity index (χ4v) is 6.58. The number of nitrogens with zero attached hydrogens (tertiary/aromatic N) is 2. The van der Waals surface area contributed by atoms with Crippen LogP contribution in [0.3, 0.4) is 0 Å². The molecule has 0 bridgehead atoms. The zero-order valence-electron chi connectivity index (χ0n) is 25.4. The number of thiazole rings is 1. The largest absolute Gasteiger partial charge is 0.493 e. The molecule has 1 aliphatic heterocycles. The number of hydrogen-bond acceptors (Lipinski definition) is 9. The number of fused-ring (bicyclic) bond motifs is 1. The predicted octanol–water partition coefficient (Wildman–Crippen LogP) is 5.56. The van der Waals surface area contributed by atoms with Gasteiger partial charge in [0.15, 0.2) is 16.3 Å². The van der Waals surface area contributed by atoms with Crippen LogP contribution >= 0.6 is 22.9 Å². The Kier molecular flexibility index (Phi) is 8.84. The highest BCUT2D eigenvalue weighted by Crippen LogP contribution is 2.38. The van der Waals surface area contributed by atoms with Crippen LogP contribution < -0.4 is 24.4 Å². The van der Waals surface area contributed by atoms with Crippen molar-refractivity contribution in [1.29, 1.82) is 0 Å². The van der Waals surface area contributed by atoms with Gasteiger partial charge in [-0.1, -0.05) is 65.4 Å². The third kappa shape index (κ3) is 5.98. The van der Waals surface area contributed by atoms with Gasteiger partial charge in [-0.3, -0.25) is 9.36 Å². The van der Waals surface area contributed by atoms with Gasteiger partial charge in [-0.05, 0) is 48.9 Å². The zero-order chi connectivity index (χ0) is 33.2. The van der Waals surface area contributed by atoms with Crippen molar-refractivity contribution in [3.63, 3.8) is 0 Å². The summed E-state index contributed by atoms with van der Waals surface area (Å²) in [6.07, 6.45) is 1.60. The molecule has 12 heteroatoms. The van der Waals surface area contributed by atoms with Crippen LogP contribution in [-0.2, 0) is 9.53 Å². The smallest absolute Gasteiger partial charge is 0.338 e. The minimum Gasteiger partial charge on any atom is -0.493 e. The molecule has 0 unspecified atom stereocenters. The van der Waals surface area contributed by atoms with Crippen molar-refractivity contribution in [2.45, 2.75) is 13.0 Å². The van der Waals surface area contributed by atoms with Crippen LogP contribution in [0.1, 0.15) is 40.2 Å². The van der Waals surface area contributed by atoms with Crippen molar-refractivity contribution >= 4 is 46.6 Å². The summed E-state index contributed by atoms with van der Waals surface area (Å²) >= 11 is 7.32. The third-order valence-electron chi connectivity index (χ3n) is 7.48. The maximum absolute atomic E-state index is 14.2. The lowest BCUT2D eigenvalue weighted by molar-refractivity contribution is -0.138. The fraction of sp³-hybridized carbons (Fsp3) is 0.143. The number of benzene rings is 3. The number of aromatic carboxylic acids is 1. The Bertz CT molecular complexity index is 2230. The molecule has 0 amide bonds. The van der Waals surface area contributed by atoms with E-state index in [9.17, 15) is 19.5 Å². The molecule has 3 aromatic carbocycles. The lowest BCUT2D eigenvalue weighted by Gasteiger charge is -2.26. The lowest BCUT2D eigenvalue weighted by atomic mass is 9.93. The van der Waals surface area contributed by atoms with Gasteiger partial charge in [-0.2, -0.15) is 0 Å². The number of esters is 1. The first kappa shape index (κ1) is 31.6. The molecular weight excluding hydrogens is 644 g/mol. The van der Waals surface area contributed by atoms with Crippen LogP contribution in [0.2, 0.25) is 5.02 Å². The number of carboxylic acid groups (broad SMARTS) is 1. The van der Waals surface area contributed by atoms with E-state index in [0.29, 0.717) is 54.7 Å². The van der Waals surface area contributed by atoms with Gasteiger partial charge in [0, 0.05) is 17.2 Å². The Morgan fingerprint density at radius 2 is 1.77 bits per heavy atom. The van der Waals surface area contributed by atoms with Crippen molar-refractivity contribution in [2.24, 2.45) is 4.99 Å². The molecule has 0 fully saturated rings. The fourth-order valence-electron chi connectivity index (χ4n) is 5.34. The number of carboxylic acids is 1. The molecule has 10 nitrogen and oxygen atoms in total. The minimum absolute atomic E-state index is 0.0237. The second kappa shape index (κ2) is 13.1. The first-order valence-corrected chi connectivity index (χ1v) is 15.6. The monoisotopic (exact) mass is 670 g/mol. The third-order valence-corrected chi connectivity index (χ3v) is 8.78. The van der Waals surface area contributed by atoms with Gasteiger partial charge in [0.2, 0.25) is 0 Å². The van der Waals surface area contributed by atoms with Crippen LogP contribution in [0.15, 0.2) is 98.6 Å². The maximum atomic E-state index is 14.2. The van der Waals surface area contributed by atoms with Gasteiger partial charge in [0.1, 0.15) is 11.5 Å². The highest BCUT2D eigenvalue weighted by atomic mass is 35.5. The average molecular weight is 671 g/mol. The van der Waals surface area contributed by atoms with E-state index < -0.39 is 23.5 Å². The van der Waals surface area contributed by atoms with E-state index in [1.165, 1.54) is 30.9 Å². The van der Waals surface area contributed by atoms with Crippen molar-refractivity contribution in [3.05, 3.63) is 132 Å². The van der Waals surface area contributed by atoms with E-state index in [4.69, 9.17) is 35.2 Å². The second-order valence-electron chi connectivity index (χ2n) is 10.2. The number of methoxy groups -OCH3 is 2. The Morgan fingerprint density at radius 3 is 2.45 bits per heavy atom. The van der Waals surface area contributed by atoms with Crippen LogP contribution in [0.25, 0.3) is 23.1 Å². The normalized spacial score (nSPS) is 14.4. The molecule has 3 heterocycles. The van der Waals surface area contributed by atoms with Crippen LogP contribution in [0.5, 0.6) is 11.5 Å². The van der Waals surface area contributed by atoms with E-state index in [2.05, 4.69) is 0 Å². The topological polar surface area (TPSA) is 130 Å². The van der Waals surface area contributed by atoms with Crippen LogP contribution in [0.4, 0.5) is 0 Å². The molecule has 0 spiro atoms. The number of hydrogen-bond donors (Lipinski definition) is 1. The van der Waals surface area contributed by atoms with E-state index >= 15 is 0 Å². The van der Waals surface area contributed by atoms with Crippen LogP contribution in [0, 0.1) is 0 Å². The molecule has 1 N–H and O–H groups in total. The van der Waals surface area contributed by atoms with Crippen LogP contribution in [-0.4, -0.2) is 42.4 Å². The Labute approximate surface area is 277 Å². The van der Waals surface area contributed by atoms with Crippen molar-refractivity contribution in [2.75, 3.05) is 20.8 Å². The predicted molar refractivity (Wildman–Crippen MR) is 177 cm³/mol. The van der Waals surface area contributed by atoms with Crippen molar-refractivity contribution < 1.29 is 33.3 Å². The summed E-state index contributed by atoms with van der Waals surface area (Å²) in [5, 5.41) is 9.37. The first-order chi connectivity index (χ1) is 22.7. The molecule has 1 aliphatic rings. The standard InChI is InChI=1S/C35H27ClN2O8S/c1-4-45-34(42)29-30(19-8-6-5-7-9-19)37-35-38(31(29)21-11-14-26(43-2)27(17-21)44-3)32(39)28(47-35)18-22-12-15-25(46-22)20-10-13-23(33(40)41)24(36)16-20/h5-18,31H,4H2,1-3H3,(H,40,41)/b28-18-/t31-/m0/s1. The zero-order valence-corrected chi connectivity index (χ0v) is 26.9. The van der Waals surface area contributed by atoms with E-state index in [1.54, 1.807) is 49.4 Å². The second-order valence-corrected chi connectivity index (χ2v) is 11.7. The molecular formula is C35H27ClN2O8S. The first-order valence-electron chi connectivity index (χ1n) is 14.4. The van der Waals surface area contributed by atoms with Gasteiger partial charge in [0.25, 0.3) is 5.56 Å². The molecule has 2 aromatic heterocycles. The minimum atomic E-state index is -1.13. The number of furan rings is 1. The molecule has 0 saturated carbocycles. The molecule has 0 saturated heterocycles. The highest BCUT2D eigenvalue weighted by molar-refractivity contribution is 7.07. The average Bonchev–Trinajstić information content (AvgIpc) is 3.67. The summed E-state index contributed by atoms with van der Waals surface area (Å²) in [6, 6.07) is 21.5. The number of halogens is 1. The number of carbonyl (C=O) groups excluding carboxylic acids is 1. The van der Waals surface area contributed by atoms with Gasteiger partial charge in [-0.25, -0.2) is 14.6 Å². The van der Waals surface area contributed by atoms with Crippen molar-refractivity contribution in [1.82, 2.24) is 4.57 Å². The van der Waals surface area contributed by atoms with Gasteiger partial charge >= 0.3 is 11.9 Å². The van der Waals surface area contributed by atoms with E-state index in [1.807, 2.05) is 30.3 Å². The molecule has 5 aromatic rings. The van der Waals surface area contributed by atoms with E-state index in [0.717, 1.165) is 11.3 Å². The number of rotatable bonds is 9. The lowest BCUT2D eigenvalue weighted by Crippen LogP contribution is -2.40. The summed E-state index contributed by atoms with van der Waals surface area (Å²) in [6.45, 7) is 1.84. The van der Waals surface area contributed by atoms with E-state index in [-0.39, 0.29) is 22.8 Å². The number of aromatic nitrogens is 1. The quantitative estimate of drug-likeness (QED) is 0.202. The molecule has 0 aliphatic carbocycles. The SMILES string of the molecule is CCOC(=O)C1=C(c2ccccc2)N=c2s/c(=C\c3ccc(-c4ccc(C(=O)O)c(Cl)c4)o3)c(=O)n2[C@H]1c1ccc(OC)c(OC)c1. The highest BCUT2D eigenvalue weighted by Gasteiger charge is 2.35. The molecule has 6 rings (SSSR count). The van der Waals surface area contributed by atoms with Crippen molar-refractivity contribution in [3.8, 4) is 22.8 Å². The Balaban J connectivity index is 1.54. The maximum Gasteiger partial charge on any atom is 0.338 e.